The monoisotopic (exact) mass is 559 g/mol. The zero-order chi connectivity index (χ0) is 28.3. The van der Waals surface area contributed by atoms with Crippen LogP contribution in [0.4, 0.5) is 4.79 Å². The van der Waals surface area contributed by atoms with E-state index in [1.165, 1.54) is 71.1 Å². The Hall–Kier alpha value is -2.60. The molecule has 1 aromatic heterocycles. The average molecular weight is 560 g/mol. The van der Waals surface area contributed by atoms with Crippen LogP contribution in [0.5, 0.6) is 5.75 Å². The van der Waals surface area contributed by atoms with Crippen molar-refractivity contribution in [2.24, 2.45) is 0 Å². The van der Waals surface area contributed by atoms with E-state index in [2.05, 4.69) is 6.92 Å². The maximum absolute atomic E-state index is 12.7. The smallest absolute Gasteiger partial charge is 0.417 e. The van der Waals surface area contributed by atoms with E-state index in [-0.39, 0.29) is 19.1 Å². The zero-order valence-electron chi connectivity index (χ0n) is 24.3. The lowest BCUT2D eigenvalue weighted by atomic mass is 10.1. The zero-order valence-corrected chi connectivity index (χ0v) is 25.0. The summed E-state index contributed by atoms with van der Waals surface area (Å²) in [7, 11) is 0. The van der Waals surface area contributed by atoms with E-state index in [1.54, 1.807) is 6.07 Å². The summed E-state index contributed by atoms with van der Waals surface area (Å²) in [6.07, 6.45) is 16.9. The minimum Gasteiger partial charge on any atom is -0.492 e. The summed E-state index contributed by atoms with van der Waals surface area (Å²) in [6.45, 7) is 7.17. The Balaban J connectivity index is 1.66. The number of hydrogen-bond donors (Lipinski definition) is 0. The van der Waals surface area contributed by atoms with E-state index in [9.17, 15) is 9.59 Å². The van der Waals surface area contributed by atoms with Crippen LogP contribution < -0.4 is 9.30 Å². The summed E-state index contributed by atoms with van der Waals surface area (Å²) >= 11 is 6.42. The van der Waals surface area contributed by atoms with Gasteiger partial charge in [0.05, 0.1) is 11.6 Å². The van der Waals surface area contributed by atoms with Crippen LogP contribution in [-0.4, -0.2) is 23.5 Å². The summed E-state index contributed by atoms with van der Waals surface area (Å²) in [4.78, 5) is 25.9. The largest absolute Gasteiger partial charge is 0.492 e. The molecule has 1 heterocycles. The molecule has 0 fully saturated rings. The number of hydrogen-bond acceptors (Lipinski definition) is 4. The Morgan fingerprint density at radius 2 is 1.51 bits per heavy atom. The molecule has 216 valence electrons. The predicted octanol–water partition coefficient (Wildman–Crippen LogP) is 8.41. The van der Waals surface area contributed by atoms with Crippen molar-refractivity contribution in [2.75, 3.05) is 6.61 Å². The number of carbonyl (C=O) groups is 2. The number of halogens is 1. The number of ether oxygens (including phenoxy) is 2. The number of imide groups is 1. The number of aryl methyl sites for hydroxylation is 1. The van der Waals surface area contributed by atoms with Gasteiger partial charge in [-0.2, -0.15) is 0 Å². The Morgan fingerprint density at radius 1 is 0.872 bits per heavy atom. The fraction of sp³-hybridized carbons (Fsp3) is 0.594. The van der Waals surface area contributed by atoms with Gasteiger partial charge >= 0.3 is 6.09 Å². The molecule has 0 aliphatic rings. The van der Waals surface area contributed by atoms with Gasteiger partial charge in [-0.3, -0.25) is 4.79 Å². The second kappa shape index (κ2) is 19.5. The standard InChI is InChI=1S/C32H48ClN2O4/c1-4-6-7-8-9-10-11-12-13-14-15-18-23-38-31-21-20-28(24-30(31)33)26-39-32(37)35(27(3)36)25-29-19-16-17-22-34(29)5-2/h16-17,19-22,24H,4-15,18,23,25-26H2,1-3H3/q+1. The lowest BCUT2D eigenvalue weighted by Crippen LogP contribution is -2.43. The molecule has 6 nitrogen and oxygen atoms in total. The number of pyridine rings is 1. The molecule has 0 atom stereocenters. The first-order valence-corrected chi connectivity index (χ1v) is 15.2. The predicted molar refractivity (Wildman–Crippen MR) is 157 cm³/mol. The first-order chi connectivity index (χ1) is 19.0. The molecule has 0 saturated carbocycles. The second-order valence-electron chi connectivity index (χ2n) is 10.1. The van der Waals surface area contributed by atoms with Crippen LogP contribution in [-0.2, 0) is 29.2 Å². The van der Waals surface area contributed by atoms with Gasteiger partial charge in [-0.15, -0.1) is 0 Å². The lowest BCUT2D eigenvalue weighted by Gasteiger charge is -2.18. The van der Waals surface area contributed by atoms with Crippen molar-refractivity contribution in [3.05, 3.63) is 58.9 Å². The number of unbranched alkanes of at least 4 members (excludes halogenated alkanes) is 11. The third-order valence-electron chi connectivity index (χ3n) is 6.91. The van der Waals surface area contributed by atoms with Gasteiger partial charge in [0.15, 0.2) is 6.20 Å². The molecule has 1 aromatic carbocycles. The molecular weight excluding hydrogens is 512 g/mol. The Labute approximate surface area is 240 Å². The molecule has 2 aromatic rings. The Bertz CT molecular complexity index is 998. The highest BCUT2D eigenvalue weighted by Gasteiger charge is 2.24. The van der Waals surface area contributed by atoms with Gasteiger partial charge < -0.3 is 9.47 Å². The molecule has 0 bridgehead atoms. The molecule has 0 N–H and O–H groups in total. The van der Waals surface area contributed by atoms with E-state index in [0.29, 0.717) is 17.4 Å². The molecule has 0 unspecified atom stereocenters. The molecular formula is C32H48ClN2O4+. The van der Waals surface area contributed by atoms with E-state index < -0.39 is 6.09 Å². The fourth-order valence-electron chi connectivity index (χ4n) is 4.53. The maximum atomic E-state index is 12.7. The lowest BCUT2D eigenvalue weighted by molar-refractivity contribution is -0.701. The normalized spacial score (nSPS) is 10.9. The molecule has 39 heavy (non-hydrogen) atoms. The summed E-state index contributed by atoms with van der Waals surface area (Å²) in [5.41, 5.74) is 1.59. The van der Waals surface area contributed by atoms with Crippen LogP contribution >= 0.6 is 11.6 Å². The third kappa shape index (κ3) is 12.9. The topological polar surface area (TPSA) is 59.7 Å². The Morgan fingerprint density at radius 3 is 2.10 bits per heavy atom. The molecule has 0 radical (unpaired) electrons. The van der Waals surface area contributed by atoms with Crippen molar-refractivity contribution in [1.29, 1.82) is 0 Å². The summed E-state index contributed by atoms with van der Waals surface area (Å²) in [5.74, 6) is 0.263. The van der Waals surface area contributed by atoms with E-state index in [4.69, 9.17) is 21.1 Å². The molecule has 0 aliphatic heterocycles. The third-order valence-corrected chi connectivity index (χ3v) is 7.21. The summed E-state index contributed by atoms with van der Waals surface area (Å²) in [6, 6.07) is 11.1. The Kier molecular flexibility index (Phi) is 16.3. The van der Waals surface area contributed by atoms with Gasteiger partial charge in [0.1, 0.15) is 25.4 Å². The highest BCUT2D eigenvalue weighted by molar-refractivity contribution is 6.32. The number of rotatable bonds is 19. The molecule has 7 heteroatoms. The number of nitrogens with zero attached hydrogens (tertiary/aromatic N) is 2. The second-order valence-corrected chi connectivity index (χ2v) is 10.5. The van der Waals surface area contributed by atoms with Gasteiger partial charge in [0.2, 0.25) is 11.6 Å². The van der Waals surface area contributed by atoms with Crippen molar-refractivity contribution < 1.29 is 23.6 Å². The average Bonchev–Trinajstić information content (AvgIpc) is 2.93. The summed E-state index contributed by atoms with van der Waals surface area (Å²) < 4.78 is 13.3. The van der Waals surface area contributed by atoms with Crippen LogP contribution in [0.2, 0.25) is 5.02 Å². The first kappa shape index (κ1) is 32.6. The fourth-order valence-corrected chi connectivity index (χ4v) is 4.79. The van der Waals surface area contributed by atoms with E-state index in [0.717, 1.165) is 35.5 Å². The van der Waals surface area contributed by atoms with Gasteiger partial charge in [-0.05, 0) is 31.0 Å². The number of carbonyl (C=O) groups excluding carboxylic acids is 2. The minimum atomic E-state index is -0.683. The van der Waals surface area contributed by atoms with Gasteiger partial charge in [-0.1, -0.05) is 101 Å². The summed E-state index contributed by atoms with van der Waals surface area (Å²) in [5, 5.41) is 0.485. The van der Waals surface area contributed by atoms with E-state index >= 15 is 0 Å². The van der Waals surface area contributed by atoms with Crippen LogP contribution in [0.25, 0.3) is 0 Å². The molecule has 0 aliphatic carbocycles. The van der Waals surface area contributed by atoms with Crippen LogP contribution in [0, 0.1) is 0 Å². The van der Waals surface area contributed by atoms with Crippen molar-refractivity contribution in [3.63, 3.8) is 0 Å². The molecule has 2 amide bonds. The van der Waals surface area contributed by atoms with Gasteiger partial charge in [0, 0.05) is 19.1 Å². The highest BCUT2D eigenvalue weighted by Crippen LogP contribution is 2.26. The number of benzene rings is 1. The first-order valence-electron chi connectivity index (χ1n) is 14.8. The number of amides is 2. The molecule has 0 saturated heterocycles. The quantitative estimate of drug-likeness (QED) is 0.128. The van der Waals surface area contributed by atoms with Gasteiger partial charge in [-0.25, -0.2) is 14.3 Å². The van der Waals surface area contributed by atoms with Gasteiger partial charge in [0.25, 0.3) is 0 Å². The van der Waals surface area contributed by atoms with E-state index in [1.807, 2.05) is 48.0 Å². The number of aromatic nitrogens is 1. The van der Waals surface area contributed by atoms with Crippen molar-refractivity contribution in [2.45, 2.75) is 118 Å². The van der Waals surface area contributed by atoms with Crippen molar-refractivity contribution >= 4 is 23.6 Å². The van der Waals surface area contributed by atoms with Crippen LogP contribution in [0.1, 0.15) is 109 Å². The molecule has 2 rings (SSSR count). The highest BCUT2D eigenvalue weighted by atomic mass is 35.5. The van der Waals surface area contributed by atoms with Crippen molar-refractivity contribution in [3.8, 4) is 5.75 Å². The minimum absolute atomic E-state index is 0.0178. The molecule has 0 spiro atoms. The van der Waals surface area contributed by atoms with Crippen LogP contribution in [0.3, 0.4) is 0 Å². The van der Waals surface area contributed by atoms with Crippen LogP contribution in [0.15, 0.2) is 42.6 Å². The van der Waals surface area contributed by atoms with Crippen molar-refractivity contribution in [1.82, 2.24) is 4.90 Å². The maximum Gasteiger partial charge on any atom is 0.417 e. The SMILES string of the molecule is CCCCCCCCCCCCCCOc1ccc(COC(=O)N(Cc2cccc[n+]2CC)C(C)=O)cc1Cl.